The van der Waals surface area contributed by atoms with E-state index >= 15 is 0 Å². The fraction of sp³-hybridized carbons (Fsp3) is 0.0513. The molecule has 2 N–H and O–H groups in total. The zero-order valence-electron chi connectivity index (χ0n) is 69.7. The van der Waals surface area contributed by atoms with Crippen molar-refractivity contribution >= 4 is 61.8 Å². The topological polar surface area (TPSA) is 126 Å². The van der Waals surface area contributed by atoms with Gasteiger partial charge in [-0.05, 0) is 133 Å². The van der Waals surface area contributed by atoms with Gasteiger partial charge < -0.3 is 43.1 Å². The minimum atomic E-state index is -0.623. The summed E-state index contributed by atoms with van der Waals surface area (Å²) in [7, 11) is 0. The molecule has 0 spiro atoms. The van der Waals surface area contributed by atoms with Crippen LogP contribution in [0.4, 0.5) is 0 Å². The summed E-state index contributed by atoms with van der Waals surface area (Å²) in [5, 5.41) is 21.2. The van der Waals surface area contributed by atoms with Gasteiger partial charge in [-0.25, -0.2) is 0 Å². The number of para-hydroxylation sites is 7. The van der Waals surface area contributed by atoms with Crippen LogP contribution < -0.4 is 33.8 Å². The van der Waals surface area contributed by atoms with Crippen LogP contribution >= 0.6 is 0 Å². The lowest BCUT2D eigenvalue weighted by Gasteiger charge is -2.27. The van der Waals surface area contributed by atoms with Gasteiger partial charge in [-0.1, -0.05) is 388 Å². The van der Waals surface area contributed by atoms with Gasteiger partial charge in [0.2, 0.25) is 0 Å². The predicted molar refractivity (Wildman–Crippen MR) is 514 cm³/mol. The number of benzene rings is 16. The molecule has 17 aromatic rings. The Bertz CT molecular complexity index is 6830. The van der Waals surface area contributed by atoms with E-state index in [4.69, 9.17) is 32.8 Å². The Morgan fingerprint density at radius 1 is 0.291 bits per heavy atom. The average Bonchev–Trinajstić information content (AvgIpc) is 0.778. The van der Waals surface area contributed by atoms with Gasteiger partial charge in [0.25, 0.3) is 0 Å². The van der Waals surface area contributed by atoms with Gasteiger partial charge >= 0.3 is 0 Å². The van der Waals surface area contributed by atoms with E-state index in [0.717, 1.165) is 85.4 Å². The third-order valence-corrected chi connectivity index (χ3v) is 22.3. The first kappa shape index (κ1) is 83.0. The van der Waals surface area contributed by atoms with Crippen LogP contribution in [-0.4, -0.2) is 30.0 Å². The second-order valence-corrected chi connectivity index (χ2v) is 30.4. The first-order valence-corrected chi connectivity index (χ1v) is 42.4. The molecule has 127 heavy (non-hydrogen) atoms. The van der Waals surface area contributed by atoms with E-state index in [-0.39, 0.29) is 11.3 Å². The Balaban J connectivity index is 0.000000105. The number of hydrogen-bond acceptors (Lipinski definition) is 10. The summed E-state index contributed by atoms with van der Waals surface area (Å²) in [6, 6.07) is 147. The Kier molecular flexibility index (Phi) is 26.8. The van der Waals surface area contributed by atoms with Gasteiger partial charge in [0, 0.05) is 56.9 Å². The maximum absolute atomic E-state index is 12.3. The highest BCUT2D eigenvalue weighted by molar-refractivity contribution is 6.02. The van der Waals surface area contributed by atoms with Gasteiger partial charge in [0.15, 0.2) is 5.43 Å². The number of rotatable bonds is 9. The molecular weight excluding hydrogens is 1570 g/mol. The highest BCUT2D eigenvalue weighted by Crippen LogP contribution is 2.46. The molecule has 6 aliphatic heterocycles. The van der Waals surface area contributed by atoms with Crippen molar-refractivity contribution in [2.45, 2.75) is 18.4 Å². The smallest absolute Gasteiger partial charge is 0.200 e. The summed E-state index contributed by atoms with van der Waals surface area (Å²) >= 11 is 0. The zero-order chi connectivity index (χ0) is 86.1. The molecule has 23 rings (SSSR count). The third kappa shape index (κ3) is 20.1. The van der Waals surface area contributed by atoms with Gasteiger partial charge in [-0.15, -0.1) is 0 Å². The quantitative estimate of drug-likeness (QED) is 0.144. The van der Waals surface area contributed by atoms with Crippen molar-refractivity contribution in [1.82, 2.24) is 0 Å². The summed E-state index contributed by atoms with van der Waals surface area (Å²) in [4.78, 5) is 12.3. The molecule has 10 heteroatoms. The molecule has 2 unspecified atom stereocenters. The highest BCUT2D eigenvalue weighted by Gasteiger charge is 2.29. The molecule has 0 amide bonds. The van der Waals surface area contributed by atoms with Crippen molar-refractivity contribution in [1.29, 1.82) is 0 Å². The normalized spacial score (nSPS) is 14.3. The minimum absolute atomic E-state index is 0.0121. The van der Waals surface area contributed by atoms with Crippen LogP contribution in [-0.2, 0) is 6.42 Å². The summed E-state index contributed by atoms with van der Waals surface area (Å²) in [6.07, 6.45) is 9.44. The minimum Gasteiger partial charge on any atom is -0.507 e. The molecule has 7 heterocycles. The maximum Gasteiger partial charge on any atom is 0.200 e. The molecule has 10 nitrogen and oxygen atoms in total. The second kappa shape index (κ2) is 41.1. The second-order valence-electron chi connectivity index (χ2n) is 30.4. The lowest BCUT2D eigenvalue weighted by Crippen LogP contribution is -2.11. The number of aliphatic hydroxyl groups is 2. The number of aliphatic hydroxyl groups excluding tert-OH is 2. The van der Waals surface area contributed by atoms with E-state index < -0.39 is 6.10 Å². The third-order valence-electron chi connectivity index (χ3n) is 22.3. The van der Waals surface area contributed by atoms with Crippen molar-refractivity contribution in [2.24, 2.45) is 0 Å². The Hall–Kier alpha value is -16.3. The molecule has 0 bridgehead atoms. The summed E-state index contributed by atoms with van der Waals surface area (Å²) in [6.45, 7) is 1.67. The van der Waals surface area contributed by atoms with E-state index in [2.05, 4.69) is 206 Å². The molecule has 6 aliphatic rings. The molecule has 0 fully saturated rings. The van der Waals surface area contributed by atoms with Crippen molar-refractivity contribution in [2.75, 3.05) is 19.8 Å². The van der Waals surface area contributed by atoms with Crippen molar-refractivity contribution in [3.8, 4) is 45.6 Å². The number of allylic oxidation sites excluding steroid dienone is 2. The van der Waals surface area contributed by atoms with Gasteiger partial charge in [0.1, 0.15) is 78.0 Å². The van der Waals surface area contributed by atoms with Crippen molar-refractivity contribution in [3.05, 3.63) is 556 Å². The van der Waals surface area contributed by atoms with Gasteiger partial charge in [-0.2, -0.15) is 0 Å². The SMILES string of the molecule is C1=C(c2ccccc2)C(c2ccccc2)c2ccccc2O1.C1=C(c2ccccc2)COc2ccccc21.C1=C(c2ccccc2)Cc2ccccc2O1.O=c1c(-c2ccccc2)coc2ccccc12.OC1=C(c2ccccc2)COc2ccccc21.OC1C(c2ccccc2)=COc2ccccc21.c1ccc(C2=C(c3ccccc3)c3ccccc3OC2)cc1. The van der Waals surface area contributed by atoms with Crippen LogP contribution in [0.1, 0.15) is 89.9 Å². The van der Waals surface area contributed by atoms with E-state index in [9.17, 15) is 15.0 Å². The summed E-state index contributed by atoms with van der Waals surface area (Å²) in [5.41, 5.74) is 25.7. The molecule has 0 aliphatic carbocycles. The fourth-order valence-corrected chi connectivity index (χ4v) is 15.9. The van der Waals surface area contributed by atoms with E-state index in [1.807, 2.05) is 243 Å². The monoisotopic (exact) mass is 1650 g/mol. The molecule has 618 valence electrons. The van der Waals surface area contributed by atoms with Crippen LogP contribution in [0.15, 0.2) is 477 Å². The van der Waals surface area contributed by atoms with E-state index in [1.165, 1.54) is 84.2 Å². The van der Waals surface area contributed by atoms with Crippen LogP contribution in [0.5, 0.6) is 34.5 Å². The first-order valence-electron chi connectivity index (χ1n) is 42.4. The lowest BCUT2D eigenvalue weighted by molar-refractivity contribution is 0.224. The lowest BCUT2D eigenvalue weighted by atomic mass is 9.81. The number of ether oxygens (including phenoxy) is 6. The van der Waals surface area contributed by atoms with E-state index in [1.54, 1.807) is 18.4 Å². The largest absolute Gasteiger partial charge is 0.507 e. The molecule has 0 saturated carbocycles. The standard InChI is InChI=1S/2C21H16O.2C15H12O2.C15H10O2.2C15H12O/c2*1-3-9-16(10-4-1)19-15-22-20-14-8-7-13-18(20)21(19)17-11-5-2-6-12-17;3*16-15-12-8-4-5-9-14(12)17-10-13(15)11-6-2-1-3-7-11;2*1-2-6-12(7-3-1)14-10-13-8-4-5-9-15(13)16-11-14/h1-14H,15H2;1-15,21H;1-9,16H,10H2;1-10,15-16H;1-10H;1-9,11H,10H2;1-10H,11H2. The molecule has 1 aromatic heterocycles. The highest BCUT2D eigenvalue weighted by atomic mass is 16.5. The first-order chi connectivity index (χ1) is 62.8. The van der Waals surface area contributed by atoms with Gasteiger partial charge in [-0.3, -0.25) is 4.79 Å². The van der Waals surface area contributed by atoms with Crippen LogP contribution in [0.2, 0.25) is 0 Å². The summed E-state index contributed by atoms with van der Waals surface area (Å²) < 4.78 is 39.9. The zero-order valence-corrected chi connectivity index (χ0v) is 69.7. The van der Waals surface area contributed by atoms with Crippen LogP contribution in [0, 0.1) is 0 Å². The Morgan fingerprint density at radius 2 is 0.693 bits per heavy atom. The Labute approximate surface area is 740 Å². The van der Waals surface area contributed by atoms with Crippen LogP contribution in [0.3, 0.4) is 0 Å². The summed E-state index contributed by atoms with van der Waals surface area (Å²) in [5.74, 6) is 5.83. The molecule has 0 saturated heterocycles. The van der Waals surface area contributed by atoms with Gasteiger partial charge in [0.05, 0.1) is 35.3 Å². The Morgan fingerprint density at radius 3 is 1.30 bits per heavy atom. The predicted octanol–water partition coefficient (Wildman–Crippen LogP) is 27.7. The molecular formula is C117H90O10. The molecule has 0 radical (unpaired) electrons. The average molecular weight is 1660 g/mol. The van der Waals surface area contributed by atoms with E-state index in [0.29, 0.717) is 42.1 Å². The number of hydrogen-bond donors (Lipinski definition) is 2. The maximum atomic E-state index is 12.3. The fourth-order valence-electron chi connectivity index (χ4n) is 15.9. The molecule has 2 atom stereocenters. The molecule has 16 aromatic carbocycles. The van der Waals surface area contributed by atoms with Crippen LogP contribution in [0.25, 0.3) is 72.9 Å². The van der Waals surface area contributed by atoms with Crippen molar-refractivity contribution in [3.63, 3.8) is 0 Å². The number of fused-ring (bicyclic) bond motifs is 7. The van der Waals surface area contributed by atoms with Crippen molar-refractivity contribution < 1.29 is 43.1 Å².